The Morgan fingerprint density at radius 3 is 3.00 bits per heavy atom. The van der Waals surface area contributed by atoms with E-state index in [0.29, 0.717) is 12.3 Å². The van der Waals surface area contributed by atoms with Gasteiger partial charge in [-0.05, 0) is 44.7 Å². The average molecular weight is 266 g/mol. The lowest BCUT2D eigenvalue weighted by atomic mass is 9.92. The highest BCUT2D eigenvalue weighted by atomic mass is 32.1. The molecule has 2 N–H and O–H groups in total. The number of nitrogens with zero attached hydrogens (tertiary/aromatic N) is 1. The monoisotopic (exact) mass is 266 g/mol. The third-order valence-electron chi connectivity index (χ3n) is 3.68. The molecule has 1 aromatic heterocycles. The molecule has 0 spiro atoms. The Hall–Kier alpha value is -0.870. The molecule has 1 amide bonds. The number of carbonyl (C=O) groups excluding carboxylic acids is 1. The van der Waals surface area contributed by atoms with Gasteiger partial charge in [0.1, 0.15) is 0 Å². The lowest BCUT2D eigenvalue weighted by molar-refractivity contribution is -0.132. The third-order valence-corrected chi connectivity index (χ3v) is 4.68. The molecule has 4 heteroatoms. The van der Waals surface area contributed by atoms with Crippen molar-refractivity contribution in [3.8, 4) is 0 Å². The SMILES string of the molecule is Cc1ccc(CC(=O)N2CCC[C@H]([C@H](C)N)C2)s1. The van der Waals surface area contributed by atoms with E-state index in [2.05, 4.69) is 19.1 Å². The zero-order valence-electron chi connectivity index (χ0n) is 11.2. The number of aryl methyl sites for hydroxylation is 1. The summed E-state index contributed by atoms with van der Waals surface area (Å²) in [6.07, 6.45) is 2.78. The van der Waals surface area contributed by atoms with E-state index in [1.807, 2.05) is 11.8 Å². The van der Waals surface area contributed by atoms with Crippen molar-refractivity contribution in [1.82, 2.24) is 4.90 Å². The molecular weight excluding hydrogens is 244 g/mol. The number of nitrogens with two attached hydrogens (primary N) is 1. The molecule has 1 fully saturated rings. The highest BCUT2D eigenvalue weighted by molar-refractivity contribution is 7.12. The van der Waals surface area contributed by atoms with E-state index < -0.39 is 0 Å². The van der Waals surface area contributed by atoms with Crippen molar-refractivity contribution in [1.29, 1.82) is 0 Å². The highest BCUT2D eigenvalue weighted by Gasteiger charge is 2.25. The zero-order valence-corrected chi connectivity index (χ0v) is 12.0. The summed E-state index contributed by atoms with van der Waals surface area (Å²) in [6, 6.07) is 4.32. The number of piperidine rings is 1. The first kappa shape index (κ1) is 13.6. The van der Waals surface area contributed by atoms with Crippen LogP contribution in [0.15, 0.2) is 12.1 Å². The Labute approximate surface area is 113 Å². The maximum absolute atomic E-state index is 12.2. The van der Waals surface area contributed by atoms with E-state index in [4.69, 9.17) is 5.73 Å². The van der Waals surface area contributed by atoms with Crippen LogP contribution in [0, 0.1) is 12.8 Å². The molecule has 1 aliphatic rings. The predicted molar refractivity (Wildman–Crippen MR) is 75.7 cm³/mol. The molecule has 0 aromatic carbocycles. The molecule has 1 aliphatic heterocycles. The van der Waals surface area contributed by atoms with Gasteiger partial charge in [-0.1, -0.05) is 0 Å². The summed E-state index contributed by atoms with van der Waals surface area (Å²) in [7, 11) is 0. The molecule has 0 bridgehead atoms. The summed E-state index contributed by atoms with van der Waals surface area (Å²) in [6.45, 7) is 5.85. The van der Waals surface area contributed by atoms with Crippen molar-refractivity contribution in [2.24, 2.45) is 11.7 Å². The van der Waals surface area contributed by atoms with Gasteiger partial charge in [-0.15, -0.1) is 11.3 Å². The van der Waals surface area contributed by atoms with Crippen LogP contribution in [0.5, 0.6) is 0 Å². The van der Waals surface area contributed by atoms with E-state index in [9.17, 15) is 4.79 Å². The lowest BCUT2D eigenvalue weighted by Gasteiger charge is -2.34. The Bertz CT molecular complexity index is 414. The summed E-state index contributed by atoms with van der Waals surface area (Å²) in [5.74, 6) is 0.718. The van der Waals surface area contributed by atoms with Crippen molar-refractivity contribution in [3.05, 3.63) is 21.9 Å². The first-order chi connectivity index (χ1) is 8.56. The minimum atomic E-state index is 0.185. The standard InChI is InChI=1S/C14H22N2OS/c1-10-5-6-13(18-10)8-14(17)16-7-3-4-12(9-16)11(2)15/h5-6,11-12H,3-4,7-9,15H2,1-2H3/t11-,12-/m0/s1. The molecule has 2 rings (SSSR count). The van der Waals surface area contributed by atoms with Gasteiger partial charge in [-0.2, -0.15) is 0 Å². The van der Waals surface area contributed by atoms with Gasteiger partial charge in [-0.25, -0.2) is 0 Å². The van der Waals surface area contributed by atoms with Crippen LogP contribution in [0.25, 0.3) is 0 Å². The molecule has 1 aromatic rings. The predicted octanol–water partition coefficient (Wildman–Crippen LogP) is 2.18. The van der Waals surface area contributed by atoms with Crippen LogP contribution in [-0.2, 0) is 11.2 Å². The van der Waals surface area contributed by atoms with Gasteiger partial charge in [0.25, 0.3) is 0 Å². The number of rotatable bonds is 3. The normalized spacial score (nSPS) is 21.9. The molecule has 2 atom stereocenters. The average Bonchev–Trinajstić information content (AvgIpc) is 2.75. The van der Waals surface area contributed by atoms with Crippen LogP contribution < -0.4 is 5.73 Å². The van der Waals surface area contributed by atoms with E-state index in [1.54, 1.807) is 11.3 Å². The van der Waals surface area contributed by atoms with Gasteiger partial charge in [0.05, 0.1) is 6.42 Å². The first-order valence-corrected chi connectivity index (χ1v) is 7.46. The Morgan fingerprint density at radius 2 is 2.39 bits per heavy atom. The maximum atomic E-state index is 12.2. The Balaban J connectivity index is 1.92. The lowest BCUT2D eigenvalue weighted by Crippen LogP contribution is -2.45. The second-order valence-electron chi connectivity index (χ2n) is 5.29. The third kappa shape index (κ3) is 3.33. The fourth-order valence-electron chi connectivity index (χ4n) is 2.51. The number of carbonyl (C=O) groups is 1. The van der Waals surface area contributed by atoms with Crippen LogP contribution in [0.3, 0.4) is 0 Å². The van der Waals surface area contributed by atoms with Crippen molar-refractivity contribution in [2.45, 2.75) is 39.2 Å². The minimum absolute atomic E-state index is 0.185. The van der Waals surface area contributed by atoms with E-state index in [1.165, 1.54) is 9.75 Å². The van der Waals surface area contributed by atoms with Gasteiger partial charge in [0, 0.05) is 28.9 Å². The zero-order chi connectivity index (χ0) is 13.1. The van der Waals surface area contributed by atoms with Crippen LogP contribution in [0.2, 0.25) is 0 Å². The molecule has 0 aliphatic carbocycles. The summed E-state index contributed by atoms with van der Waals surface area (Å²) >= 11 is 1.71. The maximum Gasteiger partial charge on any atom is 0.227 e. The van der Waals surface area contributed by atoms with Gasteiger partial charge < -0.3 is 10.6 Å². The topological polar surface area (TPSA) is 46.3 Å². The molecule has 1 saturated heterocycles. The summed E-state index contributed by atoms with van der Waals surface area (Å²) in [5.41, 5.74) is 5.95. The van der Waals surface area contributed by atoms with Crippen LogP contribution in [0.1, 0.15) is 29.5 Å². The summed E-state index contributed by atoms with van der Waals surface area (Å²) < 4.78 is 0. The van der Waals surface area contributed by atoms with E-state index in [-0.39, 0.29) is 11.9 Å². The highest BCUT2D eigenvalue weighted by Crippen LogP contribution is 2.21. The fraction of sp³-hybridized carbons (Fsp3) is 0.643. The Kier molecular flexibility index (Phi) is 4.40. The second kappa shape index (κ2) is 5.85. The quantitative estimate of drug-likeness (QED) is 0.911. The molecule has 0 radical (unpaired) electrons. The van der Waals surface area contributed by atoms with Crippen molar-refractivity contribution < 1.29 is 4.79 Å². The molecule has 3 nitrogen and oxygen atoms in total. The van der Waals surface area contributed by atoms with Gasteiger partial charge in [-0.3, -0.25) is 4.79 Å². The van der Waals surface area contributed by atoms with Gasteiger partial charge in [0.2, 0.25) is 5.91 Å². The van der Waals surface area contributed by atoms with E-state index in [0.717, 1.165) is 25.9 Å². The molecule has 2 heterocycles. The number of hydrogen-bond acceptors (Lipinski definition) is 3. The van der Waals surface area contributed by atoms with Gasteiger partial charge in [0.15, 0.2) is 0 Å². The molecular formula is C14H22N2OS. The van der Waals surface area contributed by atoms with Crippen LogP contribution >= 0.6 is 11.3 Å². The van der Waals surface area contributed by atoms with Crippen molar-refractivity contribution in [3.63, 3.8) is 0 Å². The molecule has 0 unspecified atom stereocenters. The van der Waals surface area contributed by atoms with Crippen LogP contribution in [-0.4, -0.2) is 29.9 Å². The number of amides is 1. The Morgan fingerprint density at radius 1 is 1.61 bits per heavy atom. The largest absolute Gasteiger partial charge is 0.342 e. The molecule has 18 heavy (non-hydrogen) atoms. The molecule has 100 valence electrons. The fourth-order valence-corrected chi connectivity index (χ4v) is 3.39. The van der Waals surface area contributed by atoms with Crippen molar-refractivity contribution >= 4 is 17.2 Å². The second-order valence-corrected chi connectivity index (χ2v) is 6.66. The van der Waals surface area contributed by atoms with Gasteiger partial charge >= 0.3 is 0 Å². The first-order valence-electron chi connectivity index (χ1n) is 6.65. The number of likely N-dealkylation sites (tertiary alicyclic amines) is 1. The van der Waals surface area contributed by atoms with Crippen LogP contribution in [0.4, 0.5) is 0 Å². The van der Waals surface area contributed by atoms with E-state index >= 15 is 0 Å². The minimum Gasteiger partial charge on any atom is -0.342 e. The summed E-state index contributed by atoms with van der Waals surface area (Å²) in [4.78, 5) is 16.7. The molecule has 0 saturated carbocycles. The number of hydrogen-bond donors (Lipinski definition) is 1. The smallest absolute Gasteiger partial charge is 0.227 e. The van der Waals surface area contributed by atoms with Crippen molar-refractivity contribution in [2.75, 3.05) is 13.1 Å². The summed E-state index contributed by atoms with van der Waals surface area (Å²) in [5, 5.41) is 0. The number of thiophene rings is 1.